The number of aryl methyl sites for hydroxylation is 1. The standard InChI is InChI=1S/C18H27NO/c1-13-6-9-16(18(3,4)5)17(10-13)20-12-14(2)11-19-15-7-8-15/h6,9-10,15,19H,2,7-8,11-12H2,1,3-5H3. The van der Waals surface area contributed by atoms with Crippen LogP contribution in [0.5, 0.6) is 5.75 Å². The lowest BCUT2D eigenvalue weighted by atomic mass is 9.86. The summed E-state index contributed by atoms with van der Waals surface area (Å²) < 4.78 is 6.02. The van der Waals surface area contributed by atoms with Gasteiger partial charge in [0.15, 0.2) is 0 Å². The van der Waals surface area contributed by atoms with Gasteiger partial charge in [0.05, 0.1) is 0 Å². The van der Waals surface area contributed by atoms with Gasteiger partial charge >= 0.3 is 0 Å². The number of hydrogen-bond donors (Lipinski definition) is 1. The molecule has 1 saturated carbocycles. The zero-order valence-electron chi connectivity index (χ0n) is 13.3. The highest BCUT2D eigenvalue weighted by Crippen LogP contribution is 2.32. The van der Waals surface area contributed by atoms with Gasteiger partial charge in [0.1, 0.15) is 12.4 Å². The second-order valence-corrected chi connectivity index (χ2v) is 6.94. The molecule has 20 heavy (non-hydrogen) atoms. The topological polar surface area (TPSA) is 21.3 Å². The van der Waals surface area contributed by atoms with Crippen LogP contribution in [-0.4, -0.2) is 19.2 Å². The zero-order valence-corrected chi connectivity index (χ0v) is 13.3. The molecule has 1 aromatic carbocycles. The molecule has 2 rings (SSSR count). The molecule has 1 aromatic rings. The fraction of sp³-hybridized carbons (Fsp3) is 0.556. The summed E-state index contributed by atoms with van der Waals surface area (Å²) in [5.41, 5.74) is 3.69. The molecule has 0 heterocycles. The summed E-state index contributed by atoms with van der Waals surface area (Å²) >= 11 is 0. The van der Waals surface area contributed by atoms with Gasteiger partial charge in [-0.25, -0.2) is 0 Å². The molecule has 1 N–H and O–H groups in total. The van der Waals surface area contributed by atoms with Crippen LogP contribution in [0, 0.1) is 6.92 Å². The van der Waals surface area contributed by atoms with Crippen molar-refractivity contribution >= 4 is 0 Å². The van der Waals surface area contributed by atoms with Crippen LogP contribution in [-0.2, 0) is 5.41 Å². The third-order valence-corrected chi connectivity index (χ3v) is 3.60. The van der Waals surface area contributed by atoms with Crippen LogP contribution in [0.15, 0.2) is 30.4 Å². The largest absolute Gasteiger partial charge is 0.489 e. The highest BCUT2D eigenvalue weighted by molar-refractivity contribution is 5.41. The van der Waals surface area contributed by atoms with Gasteiger partial charge in [-0.1, -0.05) is 39.5 Å². The van der Waals surface area contributed by atoms with E-state index in [4.69, 9.17) is 4.74 Å². The average molecular weight is 273 g/mol. The summed E-state index contributed by atoms with van der Waals surface area (Å²) in [6, 6.07) is 7.17. The maximum absolute atomic E-state index is 6.02. The first kappa shape index (κ1) is 15.1. The maximum atomic E-state index is 6.02. The third-order valence-electron chi connectivity index (χ3n) is 3.60. The van der Waals surface area contributed by atoms with Crippen LogP contribution in [0.4, 0.5) is 0 Å². The molecule has 0 spiro atoms. The molecule has 1 fully saturated rings. The lowest BCUT2D eigenvalue weighted by molar-refractivity contribution is 0.337. The number of nitrogens with one attached hydrogen (secondary N) is 1. The predicted octanol–water partition coefficient (Wildman–Crippen LogP) is 3.98. The zero-order chi connectivity index (χ0) is 14.8. The Kier molecular flexibility index (Phi) is 4.54. The van der Waals surface area contributed by atoms with Crippen molar-refractivity contribution in [2.24, 2.45) is 0 Å². The van der Waals surface area contributed by atoms with Crippen molar-refractivity contribution in [1.82, 2.24) is 5.32 Å². The first-order valence-electron chi connectivity index (χ1n) is 7.50. The van der Waals surface area contributed by atoms with E-state index in [-0.39, 0.29) is 5.41 Å². The Labute approximate surface area is 123 Å². The number of rotatable bonds is 6. The number of benzene rings is 1. The minimum absolute atomic E-state index is 0.0939. The van der Waals surface area contributed by atoms with Crippen LogP contribution in [0.3, 0.4) is 0 Å². The number of hydrogen-bond acceptors (Lipinski definition) is 2. The van der Waals surface area contributed by atoms with Crippen molar-refractivity contribution in [1.29, 1.82) is 0 Å². The molecule has 0 atom stereocenters. The molecular formula is C18H27NO. The average Bonchev–Trinajstić information content (AvgIpc) is 3.16. The summed E-state index contributed by atoms with van der Waals surface area (Å²) in [6.07, 6.45) is 2.61. The van der Waals surface area contributed by atoms with Crippen molar-refractivity contribution in [2.75, 3.05) is 13.2 Å². The van der Waals surface area contributed by atoms with Gasteiger partial charge in [-0.2, -0.15) is 0 Å². The molecule has 2 heteroatoms. The van der Waals surface area contributed by atoms with E-state index in [0.29, 0.717) is 6.61 Å². The molecule has 1 aliphatic carbocycles. The first-order valence-corrected chi connectivity index (χ1v) is 7.50. The molecule has 0 amide bonds. The normalized spacial score (nSPS) is 15.2. The van der Waals surface area contributed by atoms with Gasteiger partial charge in [-0.3, -0.25) is 0 Å². The van der Waals surface area contributed by atoms with E-state index in [1.54, 1.807) is 0 Å². The van der Waals surface area contributed by atoms with Crippen molar-refractivity contribution in [2.45, 2.75) is 52.0 Å². The summed E-state index contributed by atoms with van der Waals surface area (Å²) in [5.74, 6) is 0.991. The van der Waals surface area contributed by atoms with Crippen LogP contribution >= 0.6 is 0 Å². The highest BCUT2D eigenvalue weighted by atomic mass is 16.5. The molecule has 0 aromatic heterocycles. The fourth-order valence-electron chi connectivity index (χ4n) is 2.18. The van der Waals surface area contributed by atoms with Crippen LogP contribution in [0.1, 0.15) is 44.7 Å². The van der Waals surface area contributed by atoms with Gasteiger partial charge in [-0.05, 0) is 47.9 Å². The highest BCUT2D eigenvalue weighted by Gasteiger charge is 2.21. The Morgan fingerprint density at radius 3 is 2.65 bits per heavy atom. The SMILES string of the molecule is C=C(CNC1CC1)COc1cc(C)ccc1C(C)(C)C. The molecule has 0 saturated heterocycles. The summed E-state index contributed by atoms with van der Waals surface area (Å²) in [7, 11) is 0. The minimum atomic E-state index is 0.0939. The Morgan fingerprint density at radius 1 is 1.35 bits per heavy atom. The second kappa shape index (κ2) is 6.01. The van der Waals surface area contributed by atoms with Crippen LogP contribution in [0.2, 0.25) is 0 Å². The van der Waals surface area contributed by atoms with E-state index in [0.717, 1.165) is 23.9 Å². The summed E-state index contributed by atoms with van der Waals surface area (Å²) in [4.78, 5) is 0. The van der Waals surface area contributed by atoms with Crippen molar-refractivity contribution in [3.63, 3.8) is 0 Å². The molecule has 1 aliphatic rings. The smallest absolute Gasteiger partial charge is 0.123 e. The molecule has 0 aliphatic heterocycles. The molecular weight excluding hydrogens is 246 g/mol. The molecule has 0 bridgehead atoms. The van der Waals surface area contributed by atoms with Crippen molar-refractivity contribution in [3.8, 4) is 5.75 Å². The quantitative estimate of drug-likeness (QED) is 0.792. The van der Waals surface area contributed by atoms with Crippen LogP contribution < -0.4 is 10.1 Å². The van der Waals surface area contributed by atoms with E-state index in [9.17, 15) is 0 Å². The van der Waals surface area contributed by atoms with Gasteiger partial charge < -0.3 is 10.1 Å². The fourth-order valence-corrected chi connectivity index (χ4v) is 2.18. The first-order chi connectivity index (χ1) is 9.36. The Balaban J connectivity index is 1.96. The van der Waals surface area contributed by atoms with Crippen molar-refractivity contribution < 1.29 is 4.74 Å². The molecule has 2 nitrogen and oxygen atoms in total. The summed E-state index contributed by atoms with van der Waals surface area (Å²) in [6.45, 7) is 14.3. The number of ether oxygens (including phenoxy) is 1. The van der Waals surface area contributed by atoms with Gasteiger partial charge in [0, 0.05) is 12.6 Å². The van der Waals surface area contributed by atoms with Gasteiger partial charge in [0.25, 0.3) is 0 Å². The lowest BCUT2D eigenvalue weighted by Crippen LogP contribution is -2.22. The Hall–Kier alpha value is -1.28. The van der Waals surface area contributed by atoms with Gasteiger partial charge in [0.2, 0.25) is 0 Å². The third kappa shape index (κ3) is 4.38. The molecule has 0 radical (unpaired) electrons. The maximum Gasteiger partial charge on any atom is 0.123 e. The van der Waals surface area contributed by atoms with E-state index < -0.39 is 0 Å². The molecule has 110 valence electrons. The molecule has 0 unspecified atom stereocenters. The minimum Gasteiger partial charge on any atom is -0.489 e. The lowest BCUT2D eigenvalue weighted by Gasteiger charge is -2.23. The van der Waals surface area contributed by atoms with Crippen LogP contribution in [0.25, 0.3) is 0 Å². The van der Waals surface area contributed by atoms with E-state index in [1.807, 2.05) is 0 Å². The Morgan fingerprint density at radius 2 is 2.05 bits per heavy atom. The van der Waals surface area contributed by atoms with E-state index >= 15 is 0 Å². The monoisotopic (exact) mass is 273 g/mol. The Bertz CT molecular complexity index is 481. The summed E-state index contributed by atoms with van der Waals surface area (Å²) in [5, 5.41) is 3.47. The van der Waals surface area contributed by atoms with E-state index in [2.05, 4.69) is 57.8 Å². The van der Waals surface area contributed by atoms with Crippen molar-refractivity contribution in [3.05, 3.63) is 41.5 Å². The predicted molar refractivity (Wildman–Crippen MR) is 85.5 cm³/mol. The second-order valence-electron chi connectivity index (χ2n) is 6.94. The van der Waals surface area contributed by atoms with E-state index in [1.165, 1.54) is 24.0 Å². The van der Waals surface area contributed by atoms with Gasteiger partial charge in [-0.15, -0.1) is 0 Å².